The summed E-state index contributed by atoms with van der Waals surface area (Å²) in [6.45, 7) is 5.37. The van der Waals surface area contributed by atoms with Crippen molar-refractivity contribution >= 4 is 39.9 Å². The molecule has 1 aliphatic rings. The zero-order valence-corrected chi connectivity index (χ0v) is 21.2. The fourth-order valence-electron chi connectivity index (χ4n) is 4.07. The Morgan fingerprint density at radius 2 is 1.66 bits per heavy atom. The quantitative estimate of drug-likeness (QED) is 0.580. The molecule has 9 heteroatoms. The standard InChI is InChI=1S/C26H32FN3O4S/c1-26(2,3)29-23(31)15-30(22-10-6-8-18-7-4-5-9-21(18)22)25(33)17-35(34)16-24(32)28-20-13-11-19(27)12-14-20/h6,8,10-14H,4-5,7,9,15-17H2,1-3H3,(H,28,32)(H,29,31). The van der Waals surface area contributed by atoms with Gasteiger partial charge in [-0.15, -0.1) is 0 Å². The summed E-state index contributed by atoms with van der Waals surface area (Å²) in [4.78, 5) is 39.7. The number of carbonyl (C=O) groups excluding carboxylic acids is 3. The Morgan fingerprint density at radius 3 is 2.34 bits per heavy atom. The molecule has 188 valence electrons. The van der Waals surface area contributed by atoms with Crippen LogP contribution in [-0.2, 0) is 38.0 Å². The summed E-state index contributed by atoms with van der Waals surface area (Å²) in [5.41, 5.74) is 2.75. The SMILES string of the molecule is CC(C)(C)NC(=O)CN(C(=O)CS(=O)CC(=O)Nc1ccc(F)cc1)c1cccc2c1CCCC2. The average Bonchev–Trinajstić information content (AvgIpc) is 2.77. The van der Waals surface area contributed by atoms with Crippen LogP contribution < -0.4 is 15.5 Å². The van der Waals surface area contributed by atoms with Crippen molar-refractivity contribution in [2.45, 2.75) is 52.0 Å². The molecule has 1 unspecified atom stereocenters. The Kier molecular flexibility index (Phi) is 8.77. The fourth-order valence-corrected chi connectivity index (χ4v) is 4.96. The second kappa shape index (κ2) is 11.6. The first-order chi connectivity index (χ1) is 16.5. The molecule has 0 heterocycles. The third-order valence-electron chi connectivity index (χ3n) is 5.48. The van der Waals surface area contributed by atoms with Crippen molar-refractivity contribution in [3.63, 3.8) is 0 Å². The Hall–Kier alpha value is -3.07. The van der Waals surface area contributed by atoms with Crippen LogP contribution >= 0.6 is 0 Å². The van der Waals surface area contributed by atoms with Crippen molar-refractivity contribution in [2.24, 2.45) is 0 Å². The number of nitrogens with zero attached hydrogens (tertiary/aromatic N) is 1. The Morgan fingerprint density at radius 1 is 0.971 bits per heavy atom. The minimum atomic E-state index is -1.80. The number of amides is 3. The molecule has 0 spiro atoms. The first kappa shape index (κ1) is 26.5. The molecule has 2 aromatic rings. The average molecular weight is 502 g/mol. The lowest BCUT2D eigenvalue weighted by atomic mass is 9.90. The van der Waals surface area contributed by atoms with Crippen LogP contribution in [0.15, 0.2) is 42.5 Å². The topological polar surface area (TPSA) is 95.6 Å². The van der Waals surface area contributed by atoms with E-state index in [1.165, 1.54) is 29.2 Å². The van der Waals surface area contributed by atoms with Gasteiger partial charge in [0.1, 0.15) is 23.9 Å². The number of aryl methyl sites for hydroxylation is 1. The monoisotopic (exact) mass is 501 g/mol. The summed E-state index contributed by atoms with van der Waals surface area (Å²) >= 11 is 0. The van der Waals surface area contributed by atoms with Crippen molar-refractivity contribution in [2.75, 3.05) is 28.3 Å². The predicted octanol–water partition coefficient (Wildman–Crippen LogP) is 3.34. The van der Waals surface area contributed by atoms with Gasteiger partial charge < -0.3 is 15.5 Å². The maximum Gasteiger partial charge on any atom is 0.240 e. The van der Waals surface area contributed by atoms with Crippen molar-refractivity contribution in [3.05, 3.63) is 59.4 Å². The summed E-state index contributed by atoms with van der Waals surface area (Å²) in [6, 6.07) is 10.9. The summed E-state index contributed by atoms with van der Waals surface area (Å²) < 4.78 is 25.7. The summed E-state index contributed by atoms with van der Waals surface area (Å²) in [6.07, 6.45) is 3.78. The first-order valence-corrected chi connectivity index (χ1v) is 13.1. The number of halogens is 1. The van der Waals surface area contributed by atoms with Gasteiger partial charge in [-0.1, -0.05) is 12.1 Å². The van der Waals surface area contributed by atoms with Gasteiger partial charge >= 0.3 is 0 Å². The third-order valence-corrected chi connectivity index (χ3v) is 6.64. The normalized spacial score (nSPS) is 13.9. The number of fused-ring (bicyclic) bond motifs is 1. The van der Waals surface area contributed by atoms with Gasteiger partial charge in [0.15, 0.2) is 0 Å². The molecular formula is C26H32FN3O4S. The van der Waals surface area contributed by atoms with E-state index < -0.39 is 45.5 Å². The summed E-state index contributed by atoms with van der Waals surface area (Å²) in [7, 11) is -1.80. The zero-order valence-electron chi connectivity index (χ0n) is 20.4. The van der Waals surface area contributed by atoms with Crippen LogP contribution in [0.1, 0.15) is 44.7 Å². The molecule has 3 amide bonds. The molecule has 1 atom stereocenters. The van der Waals surface area contributed by atoms with Gasteiger partial charge in [-0.3, -0.25) is 18.6 Å². The molecule has 1 aliphatic carbocycles. The first-order valence-electron chi connectivity index (χ1n) is 11.6. The van der Waals surface area contributed by atoms with Crippen LogP contribution in [0.5, 0.6) is 0 Å². The van der Waals surface area contributed by atoms with Gasteiger partial charge in [0.2, 0.25) is 17.7 Å². The van der Waals surface area contributed by atoms with E-state index in [9.17, 15) is 23.0 Å². The largest absolute Gasteiger partial charge is 0.350 e. The maximum absolute atomic E-state index is 13.3. The highest BCUT2D eigenvalue weighted by Crippen LogP contribution is 2.30. The van der Waals surface area contributed by atoms with E-state index in [2.05, 4.69) is 10.6 Å². The maximum atomic E-state index is 13.3. The number of benzene rings is 2. The molecule has 3 rings (SSSR count). The molecule has 35 heavy (non-hydrogen) atoms. The van der Waals surface area contributed by atoms with Crippen LogP contribution in [-0.4, -0.2) is 45.5 Å². The minimum Gasteiger partial charge on any atom is -0.350 e. The van der Waals surface area contributed by atoms with Crippen LogP contribution in [0.3, 0.4) is 0 Å². The van der Waals surface area contributed by atoms with Gasteiger partial charge in [0, 0.05) is 27.7 Å². The van der Waals surface area contributed by atoms with Crippen LogP contribution in [0.2, 0.25) is 0 Å². The second-order valence-corrected chi connectivity index (χ2v) is 11.1. The Balaban J connectivity index is 1.73. The predicted molar refractivity (Wildman–Crippen MR) is 136 cm³/mol. The molecule has 0 bridgehead atoms. The van der Waals surface area contributed by atoms with E-state index in [1.54, 1.807) is 0 Å². The number of carbonyl (C=O) groups is 3. The van der Waals surface area contributed by atoms with Crippen molar-refractivity contribution < 1.29 is 23.0 Å². The molecule has 0 fully saturated rings. The summed E-state index contributed by atoms with van der Waals surface area (Å²) in [5, 5.41) is 5.42. The molecule has 0 saturated carbocycles. The molecule has 7 nitrogen and oxygen atoms in total. The highest BCUT2D eigenvalue weighted by atomic mass is 32.2. The lowest BCUT2D eigenvalue weighted by Gasteiger charge is -2.29. The number of anilines is 2. The van der Waals surface area contributed by atoms with E-state index in [0.29, 0.717) is 11.4 Å². The third kappa shape index (κ3) is 7.99. The molecule has 0 aliphatic heterocycles. The van der Waals surface area contributed by atoms with Crippen LogP contribution in [0.4, 0.5) is 15.8 Å². The molecule has 0 aromatic heterocycles. The van der Waals surface area contributed by atoms with E-state index in [-0.39, 0.29) is 12.5 Å². The molecular weight excluding hydrogens is 469 g/mol. The number of hydrogen-bond donors (Lipinski definition) is 2. The van der Waals surface area contributed by atoms with Gasteiger partial charge in [-0.2, -0.15) is 0 Å². The molecule has 2 N–H and O–H groups in total. The van der Waals surface area contributed by atoms with Crippen molar-refractivity contribution in [1.82, 2.24) is 5.32 Å². The highest BCUT2D eigenvalue weighted by Gasteiger charge is 2.27. The number of hydrogen-bond acceptors (Lipinski definition) is 4. The van der Waals surface area contributed by atoms with Crippen LogP contribution in [0, 0.1) is 5.82 Å². The van der Waals surface area contributed by atoms with E-state index in [0.717, 1.165) is 36.8 Å². The van der Waals surface area contributed by atoms with E-state index >= 15 is 0 Å². The van der Waals surface area contributed by atoms with Crippen molar-refractivity contribution in [3.8, 4) is 0 Å². The lowest BCUT2D eigenvalue weighted by molar-refractivity contribution is -0.124. The van der Waals surface area contributed by atoms with E-state index in [1.807, 2.05) is 39.0 Å². The van der Waals surface area contributed by atoms with E-state index in [4.69, 9.17) is 0 Å². The smallest absolute Gasteiger partial charge is 0.240 e. The fraction of sp³-hybridized carbons (Fsp3) is 0.423. The van der Waals surface area contributed by atoms with Gasteiger partial charge in [0.05, 0.1) is 0 Å². The highest BCUT2D eigenvalue weighted by molar-refractivity contribution is 7.86. The Bertz CT molecular complexity index is 1110. The lowest BCUT2D eigenvalue weighted by Crippen LogP contribution is -2.48. The summed E-state index contributed by atoms with van der Waals surface area (Å²) in [5.74, 6) is -2.57. The van der Waals surface area contributed by atoms with Gasteiger partial charge in [-0.05, 0) is 87.9 Å². The molecule has 2 aromatic carbocycles. The number of nitrogens with one attached hydrogen (secondary N) is 2. The second-order valence-electron chi connectivity index (χ2n) is 9.68. The van der Waals surface area contributed by atoms with Gasteiger partial charge in [-0.25, -0.2) is 4.39 Å². The molecule has 0 radical (unpaired) electrons. The minimum absolute atomic E-state index is 0.203. The van der Waals surface area contributed by atoms with Gasteiger partial charge in [0.25, 0.3) is 0 Å². The zero-order chi connectivity index (χ0) is 25.6. The van der Waals surface area contributed by atoms with Crippen molar-refractivity contribution in [1.29, 1.82) is 0 Å². The molecule has 0 saturated heterocycles. The number of rotatable bonds is 8. The Labute approximate surface area is 207 Å². The van der Waals surface area contributed by atoms with Crippen LogP contribution in [0.25, 0.3) is 0 Å².